The summed E-state index contributed by atoms with van der Waals surface area (Å²) in [5.41, 5.74) is 3.00. The van der Waals surface area contributed by atoms with E-state index in [2.05, 4.69) is 40.2 Å². The van der Waals surface area contributed by atoms with Crippen molar-refractivity contribution in [3.63, 3.8) is 0 Å². The van der Waals surface area contributed by atoms with Gasteiger partial charge in [0.05, 0.1) is 5.56 Å². The van der Waals surface area contributed by atoms with Crippen LogP contribution in [-0.2, 0) is 13.5 Å². The predicted octanol–water partition coefficient (Wildman–Crippen LogP) is 4.71. The van der Waals surface area contributed by atoms with Crippen LogP contribution in [0.4, 0.5) is 0 Å². The predicted molar refractivity (Wildman–Crippen MR) is 112 cm³/mol. The van der Waals surface area contributed by atoms with Crippen molar-refractivity contribution in [1.82, 2.24) is 14.5 Å². The van der Waals surface area contributed by atoms with E-state index in [-0.39, 0.29) is 5.91 Å². The molecule has 1 aliphatic rings. The largest absolute Gasteiger partial charge is 0.336 e. The van der Waals surface area contributed by atoms with Crippen molar-refractivity contribution < 1.29 is 4.79 Å². The summed E-state index contributed by atoms with van der Waals surface area (Å²) in [6.45, 7) is 0.840. The highest BCUT2D eigenvalue weighted by Crippen LogP contribution is 2.28. The number of carbonyl (C=O) groups is 1. The Balaban J connectivity index is 1.57. The first-order valence-corrected chi connectivity index (χ1v) is 10.2. The number of carbonyl (C=O) groups excluding carboxylic acids is 1. The zero-order chi connectivity index (χ0) is 19.3. The minimum absolute atomic E-state index is 0.136. The third-order valence-electron chi connectivity index (χ3n) is 5.72. The zero-order valence-electron chi connectivity index (χ0n) is 16.4. The van der Waals surface area contributed by atoms with Gasteiger partial charge in [-0.25, -0.2) is 4.98 Å². The van der Waals surface area contributed by atoms with Crippen LogP contribution in [-0.4, -0.2) is 32.9 Å². The van der Waals surface area contributed by atoms with E-state index < -0.39 is 0 Å². The SMILES string of the molecule is Cn1ccnc1-c1ccccc1C(=O)N1CCCCC1CCc1ccccc1. The number of piperidine rings is 1. The van der Waals surface area contributed by atoms with Crippen LogP contribution in [0.5, 0.6) is 0 Å². The molecule has 0 bridgehead atoms. The highest BCUT2D eigenvalue weighted by atomic mass is 16.2. The maximum atomic E-state index is 13.5. The summed E-state index contributed by atoms with van der Waals surface area (Å²) in [7, 11) is 1.97. The molecule has 2 heterocycles. The summed E-state index contributed by atoms with van der Waals surface area (Å²) in [5.74, 6) is 0.971. The molecule has 1 fully saturated rings. The molecule has 28 heavy (non-hydrogen) atoms. The number of rotatable bonds is 5. The van der Waals surface area contributed by atoms with Crippen molar-refractivity contribution in [3.05, 3.63) is 78.1 Å². The normalized spacial score (nSPS) is 16.9. The summed E-state index contributed by atoms with van der Waals surface area (Å²) >= 11 is 0. The molecule has 0 N–H and O–H groups in total. The zero-order valence-corrected chi connectivity index (χ0v) is 16.4. The quantitative estimate of drug-likeness (QED) is 0.649. The lowest BCUT2D eigenvalue weighted by atomic mass is 9.94. The van der Waals surface area contributed by atoms with E-state index in [0.29, 0.717) is 6.04 Å². The minimum Gasteiger partial charge on any atom is -0.336 e. The van der Waals surface area contributed by atoms with Gasteiger partial charge in [0.1, 0.15) is 5.82 Å². The topological polar surface area (TPSA) is 38.1 Å². The fourth-order valence-electron chi connectivity index (χ4n) is 4.19. The van der Waals surface area contributed by atoms with Crippen LogP contribution in [0.25, 0.3) is 11.4 Å². The number of hydrogen-bond acceptors (Lipinski definition) is 2. The smallest absolute Gasteiger partial charge is 0.254 e. The number of imidazole rings is 1. The lowest BCUT2D eigenvalue weighted by Crippen LogP contribution is -2.44. The van der Waals surface area contributed by atoms with Gasteiger partial charge in [0.2, 0.25) is 0 Å². The highest BCUT2D eigenvalue weighted by Gasteiger charge is 2.29. The molecular formula is C24H27N3O. The number of amides is 1. The average Bonchev–Trinajstić information content (AvgIpc) is 3.18. The number of likely N-dealkylation sites (tertiary alicyclic amines) is 1. The molecule has 3 aromatic rings. The number of hydrogen-bond donors (Lipinski definition) is 0. The summed E-state index contributed by atoms with van der Waals surface area (Å²) in [4.78, 5) is 20.1. The molecule has 2 aromatic carbocycles. The molecule has 1 unspecified atom stereocenters. The van der Waals surface area contributed by atoms with Gasteiger partial charge in [0, 0.05) is 37.6 Å². The molecule has 144 valence electrons. The van der Waals surface area contributed by atoms with Gasteiger partial charge in [-0.15, -0.1) is 0 Å². The first kappa shape index (κ1) is 18.5. The van der Waals surface area contributed by atoms with Crippen LogP contribution in [0.15, 0.2) is 67.0 Å². The molecule has 0 saturated carbocycles. The van der Waals surface area contributed by atoms with Gasteiger partial charge < -0.3 is 9.47 Å². The average molecular weight is 374 g/mol. The molecule has 0 radical (unpaired) electrons. The van der Waals surface area contributed by atoms with E-state index in [1.807, 2.05) is 42.1 Å². The summed E-state index contributed by atoms with van der Waals surface area (Å²) in [5, 5.41) is 0. The van der Waals surface area contributed by atoms with Gasteiger partial charge in [-0.1, -0.05) is 48.5 Å². The standard InChI is InChI=1S/C24H27N3O/c1-26-18-16-25-23(26)21-12-5-6-13-22(21)24(28)27-17-8-7-11-20(27)15-14-19-9-3-2-4-10-19/h2-6,9-10,12-13,16,18,20H,7-8,11,14-15,17H2,1H3. The van der Waals surface area contributed by atoms with Crippen molar-refractivity contribution in [2.75, 3.05) is 6.54 Å². The van der Waals surface area contributed by atoms with Crippen molar-refractivity contribution in [2.24, 2.45) is 7.05 Å². The van der Waals surface area contributed by atoms with E-state index in [4.69, 9.17) is 0 Å². The molecule has 1 atom stereocenters. The molecule has 1 saturated heterocycles. The Kier molecular flexibility index (Phi) is 5.56. The lowest BCUT2D eigenvalue weighted by Gasteiger charge is -2.36. The maximum absolute atomic E-state index is 13.5. The first-order valence-electron chi connectivity index (χ1n) is 10.2. The lowest BCUT2D eigenvalue weighted by molar-refractivity contribution is 0.0602. The van der Waals surface area contributed by atoms with Crippen LogP contribution in [0, 0.1) is 0 Å². The van der Waals surface area contributed by atoms with Crippen molar-refractivity contribution >= 4 is 5.91 Å². The third kappa shape index (κ3) is 3.86. The van der Waals surface area contributed by atoms with E-state index >= 15 is 0 Å². The summed E-state index contributed by atoms with van der Waals surface area (Å²) in [6, 6.07) is 18.7. The Morgan fingerprint density at radius 1 is 1.07 bits per heavy atom. The Hall–Kier alpha value is -2.88. The number of nitrogens with zero attached hydrogens (tertiary/aromatic N) is 3. The van der Waals surface area contributed by atoms with Crippen molar-refractivity contribution in [1.29, 1.82) is 0 Å². The Labute approximate surface area is 166 Å². The van der Waals surface area contributed by atoms with Crippen LogP contribution in [0.3, 0.4) is 0 Å². The molecule has 4 heteroatoms. The Morgan fingerprint density at radius 2 is 1.86 bits per heavy atom. The van der Waals surface area contributed by atoms with Crippen LogP contribution < -0.4 is 0 Å². The van der Waals surface area contributed by atoms with Gasteiger partial charge in [-0.05, 0) is 43.7 Å². The van der Waals surface area contributed by atoms with Gasteiger partial charge in [0.25, 0.3) is 5.91 Å². The van der Waals surface area contributed by atoms with E-state index in [1.165, 1.54) is 12.0 Å². The monoisotopic (exact) mass is 373 g/mol. The second-order valence-corrected chi connectivity index (χ2v) is 7.58. The van der Waals surface area contributed by atoms with Crippen LogP contribution >= 0.6 is 0 Å². The van der Waals surface area contributed by atoms with Gasteiger partial charge >= 0.3 is 0 Å². The second-order valence-electron chi connectivity index (χ2n) is 7.58. The van der Waals surface area contributed by atoms with Crippen LogP contribution in [0.1, 0.15) is 41.6 Å². The number of aryl methyl sites for hydroxylation is 2. The number of aromatic nitrogens is 2. The molecule has 4 nitrogen and oxygen atoms in total. The summed E-state index contributed by atoms with van der Waals surface area (Å²) < 4.78 is 1.97. The molecule has 1 aliphatic heterocycles. The molecule has 0 spiro atoms. The van der Waals surface area contributed by atoms with E-state index in [0.717, 1.165) is 49.2 Å². The second kappa shape index (κ2) is 8.42. The van der Waals surface area contributed by atoms with Gasteiger partial charge in [0.15, 0.2) is 0 Å². The maximum Gasteiger partial charge on any atom is 0.254 e. The Bertz CT molecular complexity index is 932. The molecule has 1 amide bonds. The Morgan fingerprint density at radius 3 is 2.64 bits per heavy atom. The van der Waals surface area contributed by atoms with E-state index in [9.17, 15) is 4.79 Å². The highest BCUT2D eigenvalue weighted by molar-refractivity contribution is 6.00. The number of benzene rings is 2. The fourth-order valence-corrected chi connectivity index (χ4v) is 4.19. The van der Waals surface area contributed by atoms with Crippen molar-refractivity contribution in [2.45, 2.75) is 38.1 Å². The molecular weight excluding hydrogens is 346 g/mol. The first-order chi connectivity index (χ1) is 13.7. The van der Waals surface area contributed by atoms with E-state index in [1.54, 1.807) is 6.20 Å². The molecule has 4 rings (SSSR count). The minimum atomic E-state index is 0.136. The van der Waals surface area contributed by atoms with Gasteiger partial charge in [-0.2, -0.15) is 0 Å². The fraction of sp³-hybridized carbons (Fsp3) is 0.333. The van der Waals surface area contributed by atoms with Gasteiger partial charge in [-0.3, -0.25) is 4.79 Å². The molecule has 0 aliphatic carbocycles. The van der Waals surface area contributed by atoms with Crippen LogP contribution in [0.2, 0.25) is 0 Å². The summed E-state index contributed by atoms with van der Waals surface area (Å²) in [6.07, 6.45) is 9.09. The van der Waals surface area contributed by atoms with Crippen molar-refractivity contribution in [3.8, 4) is 11.4 Å². The molecule has 1 aromatic heterocycles. The third-order valence-corrected chi connectivity index (χ3v) is 5.72.